The molecule has 0 aliphatic rings. The monoisotopic (exact) mass is 313 g/mol. The molecule has 0 bridgehead atoms. The highest BCUT2D eigenvalue weighted by atomic mass is 16.3. The summed E-state index contributed by atoms with van der Waals surface area (Å²) in [6.07, 6.45) is -0.728. The number of carbonyl (C=O) groups is 1. The van der Waals surface area contributed by atoms with Crippen LogP contribution in [0.3, 0.4) is 0 Å². The van der Waals surface area contributed by atoms with Gasteiger partial charge in [-0.25, -0.2) is 4.79 Å². The third-order valence-corrected chi connectivity index (χ3v) is 3.55. The number of urea groups is 1. The summed E-state index contributed by atoms with van der Waals surface area (Å²) in [6, 6.07) is 17.0. The van der Waals surface area contributed by atoms with E-state index in [1.165, 1.54) is 0 Å². The summed E-state index contributed by atoms with van der Waals surface area (Å²) in [4.78, 5) is 13.7. The second-order valence-electron chi connectivity index (χ2n) is 5.55. The van der Waals surface area contributed by atoms with Crippen molar-refractivity contribution < 1.29 is 9.90 Å². The van der Waals surface area contributed by atoms with Gasteiger partial charge in [0.1, 0.15) is 0 Å². The van der Waals surface area contributed by atoms with Crippen LogP contribution in [0.25, 0.3) is 0 Å². The number of amides is 2. The van der Waals surface area contributed by atoms with E-state index in [1.807, 2.05) is 73.6 Å². The van der Waals surface area contributed by atoms with E-state index < -0.39 is 6.10 Å². The molecule has 0 heterocycles. The van der Waals surface area contributed by atoms with Crippen LogP contribution in [0.15, 0.2) is 54.6 Å². The van der Waals surface area contributed by atoms with Gasteiger partial charge in [-0.2, -0.15) is 0 Å². The van der Waals surface area contributed by atoms with Crippen LogP contribution >= 0.6 is 0 Å². The van der Waals surface area contributed by atoms with Crippen LogP contribution in [-0.2, 0) is 6.54 Å². The molecule has 122 valence electrons. The number of nitrogens with zero attached hydrogens (tertiary/aromatic N) is 1. The predicted molar refractivity (Wildman–Crippen MR) is 92.4 cm³/mol. The first-order valence-electron chi connectivity index (χ1n) is 7.57. The first-order valence-corrected chi connectivity index (χ1v) is 7.57. The molecule has 2 aromatic rings. The molecule has 2 aromatic carbocycles. The van der Waals surface area contributed by atoms with Crippen molar-refractivity contribution in [2.45, 2.75) is 12.6 Å². The van der Waals surface area contributed by atoms with Crippen LogP contribution in [0, 0.1) is 0 Å². The van der Waals surface area contributed by atoms with Gasteiger partial charge in [0, 0.05) is 32.9 Å². The highest BCUT2D eigenvalue weighted by Gasteiger charge is 2.09. The van der Waals surface area contributed by atoms with Gasteiger partial charge in [-0.15, -0.1) is 0 Å². The molecule has 2 rings (SSSR count). The maximum Gasteiger partial charge on any atom is 0.315 e. The van der Waals surface area contributed by atoms with E-state index in [4.69, 9.17) is 0 Å². The van der Waals surface area contributed by atoms with Gasteiger partial charge in [-0.05, 0) is 23.3 Å². The van der Waals surface area contributed by atoms with Gasteiger partial charge in [-0.3, -0.25) is 0 Å². The highest BCUT2D eigenvalue weighted by Crippen LogP contribution is 2.17. The summed E-state index contributed by atoms with van der Waals surface area (Å²) < 4.78 is 0. The smallest absolute Gasteiger partial charge is 0.315 e. The van der Waals surface area contributed by atoms with Crippen molar-refractivity contribution in [3.05, 3.63) is 65.7 Å². The lowest BCUT2D eigenvalue weighted by Crippen LogP contribution is -2.37. The third kappa shape index (κ3) is 5.30. The summed E-state index contributed by atoms with van der Waals surface area (Å²) >= 11 is 0. The minimum atomic E-state index is -0.728. The molecule has 5 nitrogen and oxygen atoms in total. The maximum absolute atomic E-state index is 11.8. The molecule has 5 heteroatoms. The molecule has 23 heavy (non-hydrogen) atoms. The molecule has 1 unspecified atom stereocenters. The molecule has 0 spiro atoms. The van der Waals surface area contributed by atoms with Crippen molar-refractivity contribution in [2.24, 2.45) is 0 Å². The fourth-order valence-electron chi connectivity index (χ4n) is 2.14. The van der Waals surface area contributed by atoms with Gasteiger partial charge in [-0.1, -0.05) is 42.5 Å². The topological polar surface area (TPSA) is 64.6 Å². The highest BCUT2D eigenvalue weighted by molar-refractivity contribution is 5.73. The SMILES string of the molecule is CN(C)c1ccc(C(O)CNC(=O)NCc2ccccc2)cc1. The number of nitrogens with one attached hydrogen (secondary N) is 2. The first-order chi connectivity index (χ1) is 11.1. The van der Waals surface area contributed by atoms with Crippen molar-refractivity contribution in [2.75, 3.05) is 25.5 Å². The first kappa shape index (κ1) is 16.8. The average Bonchev–Trinajstić information content (AvgIpc) is 2.58. The zero-order valence-corrected chi connectivity index (χ0v) is 13.5. The van der Waals surface area contributed by atoms with Crippen LogP contribution in [0.5, 0.6) is 0 Å². The summed E-state index contributed by atoms with van der Waals surface area (Å²) in [7, 11) is 3.92. The van der Waals surface area contributed by atoms with Gasteiger partial charge < -0.3 is 20.6 Å². The maximum atomic E-state index is 11.8. The Labute approximate surface area is 136 Å². The minimum Gasteiger partial charge on any atom is -0.387 e. The lowest BCUT2D eigenvalue weighted by atomic mass is 10.1. The second kappa shape index (κ2) is 8.19. The molecule has 1 atom stereocenters. The summed E-state index contributed by atoms with van der Waals surface area (Å²) in [5.74, 6) is 0. The molecular formula is C18H23N3O2. The quantitative estimate of drug-likeness (QED) is 0.766. The second-order valence-corrected chi connectivity index (χ2v) is 5.55. The zero-order valence-electron chi connectivity index (χ0n) is 13.5. The Balaban J connectivity index is 1.77. The Morgan fingerprint density at radius 3 is 2.30 bits per heavy atom. The summed E-state index contributed by atoms with van der Waals surface area (Å²) in [5, 5.41) is 15.6. The molecule has 0 fully saturated rings. The van der Waals surface area contributed by atoms with E-state index in [2.05, 4.69) is 10.6 Å². The fraction of sp³-hybridized carbons (Fsp3) is 0.278. The van der Waals surface area contributed by atoms with Crippen LogP contribution in [0.2, 0.25) is 0 Å². The van der Waals surface area contributed by atoms with Crippen molar-refractivity contribution >= 4 is 11.7 Å². The molecule has 3 N–H and O–H groups in total. The third-order valence-electron chi connectivity index (χ3n) is 3.55. The number of aliphatic hydroxyl groups excluding tert-OH is 1. The largest absolute Gasteiger partial charge is 0.387 e. The number of hydrogen-bond acceptors (Lipinski definition) is 3. The van der Waals surface area contributed by atoms with Crippen LogP contribution < -0.4 is 15.5 Å². The Morgan fingerprint density at radius 1 is 1.04 bits per heavy atom. The molecule has 2 amide bonds. The van der Waals surface area contributed by atoms with Gasteiger partial charge in [0.05, 0.1) is 6.10 Å². The lowest BCUT2D eigenvalue weighted by molar-refractivity contribution is 0.173. The normalized spacial score (nSPS) is 11.6. The Hall–Kier alpha value is -2.53. The van der Waals surface area contributed by atoms with Crippen LogP contribution in [0.4, 0.5) is 10.5 Å². The Kier molecular flexibility index (Phi) is 6.00. The number of benzene rings is 2. The molecule has 0 aliphatic heterocycles. The van der Waals surface area contributed by atoms with Gasteiger partial charge in [0.2, 0.25) is 0 Å². The number of hydrogen-bond donors (Lipinski definition) is 3. The van der Waals surface area contributed by atoms with E-state index in [9.17, 15) is 9.90 Å². The van der Waals surface area contributed by atoms with E-state index in [0.717, 1.165) is 16.8 Å². The molecule has 0 radical (unpaired) electrons. The van der Waals surface area contributed by atoms with Crippen LogP contribution in [-0.4, -0.2) is 31.8 Å². The Bertz CT molecular complexity index is 612. The molecule has 0 aliphatic carbocycles. The fourth-order valence-corrected chi connectivity index (χ4v) is 2.14. The molecular weight excluding hydrogens is 290 g/mol. The average molecular weight is 313 g/mol. The summed E-state index contributed by atoms with van der Waals surface area (Å²) in [6.45, 7) is 0.627. The number of anilines is 1. The lowest BCUT2D eigenvalue weighted by Gasteiger charge is -2.16. The van der Waals surface area contributed by atoms with Crippen molar-refractivity contribution in [3.63, 3.8) is 0 Å². The van der Waals surface area contributed by atoms with Crippen molar-refractivity contribution in [1.82, 2.24) is 10.6 Å². The zero-order chi connectivity index (χ0) is 16.7. The number of aliphatic hydroxyl groups is 1. The van der Waals surface area contributed by atoms with Gasteiger partial charge in [0.25, 0.3) is 0 Å². The molecule has 0 saturated carbocycles. The van der Waals surface area contributed by atoms with Crippen LogP contribution in [0.1, 0.15) is 17.2 Å². The number of rotatable bonds is 6. The summed E-state index contributed by atoms with van der Waals surface area (Å²) in [5.41, 5.74) is 2.87. The van der Waals surface area contributed by atoms with E-state index in [1.54, 1.807) is 0 Å². The van der Waals surface area contributed by atoms with E-state index >= 15 is 0 Å². The van der Waals surface area contributed by atoms with E-state index in [-0.39, 0.29) is 12.6 Å². The van der Waals surface area contributed by atoms with Gasteiger partial charge in [0.15, 0.2) is 0 Å². The Morgan fingerprint density at radius 2 is 1.70 bits per heavy atom. The number of carbonyl (C=O) groups excluding carboxylic acids is 1. The van der Waals surface area contributed by atoms with Crippen molar-refractivity contribution in [1.29, 1.82) is 0 Å². The predicted octanol–water partition coefficient (Wildman–Crippen LogP) is 2.29. The standard InChI is InChI=1S/C18H23N3O2/c1-21(2)16-10-8-15(9-11-16)17(22)13-20-18(23)19-12-14-6-4-3-5-7-14/h3-11,17,22H,12-13H2,1-2H3,(H2,19,20,23). The molecule has 0 saturated heterocycles. The van der Waals surface area contributed by atoms with Crippen molar-refractivity contribution in [3.8, 4) is 0 Å². The minimum absolute atomic E-state index is 0.169. The van der Waals surface area contributed by atoms with Gasteiger partial charge >= 0.3 is 6.03 Å². The van der Waals surface area contributed by atoms with E-state index in [0.29, 0.717) is 6.54 Å². The molecule has 0 aromatic heterocycles.